The average molecular weight is 747 g/mol. The van der Waals surface area contributed by atoms with Crippen molar-refractivity contribution in [2.75, 3.05) is 11.9 Å². The average Bonchev–Trinajstić information content (AvgIpc) is 3.45. The molecule has 0 radical (unpaired) electrons. The van der Waals surface area contributed by atoms with Crippen LogP contribution in [0.2, 0.25) is 0 Å². The van der Waals surface area contributed by atoms with Crippen LogP contribution in [0.5, 0.6) is 0 Å². The van der Waals surface area contributed by atoms with E-state index in [2.05, 4.69) is 19.1 Å². The van der Waals surface area contributed by atoms with Crippen molar-refractivity contribution in [3.63, 3.8) is 0 Å². The van der Waals surface area contributed by atoms with Crippen molar-refractivity contribution < 1.29 is 32.1 Å². The number of anilines is 1. The van der Waals surface area contributed by atoms with Crippen molar-refractivity contribution in [1.82, 2.24) is 4.90 Å². The fraction of sp³-hybridized carbons (Fsp3) is 0.156. The molecule has 6 aromatic carbocycles. The highest BCUT2D eigenvalue weighted by Crippen LogP contribution is 2.57. The molecule has 1 atom stereocenters. The van der Waals surface area contributed by atoms with Gasteiger partial charge in [0.15, 0.2) is 0 Å². The molecule has 1 aliphatic carbocycles. The number of rotatable bonds is 4. The molecule has 6 aromatic rings. The molecule has 55 heavy (non-hydrogen) atoms. The minimum atomic E-state index is -4.57. The molecule has 0 bridgehead atoms. The summed E-state index contributed by atoms with van der Waals surface area (Å²) in [7, 11) is -3.17. The van der Waals surface area contributed by atoms with Crippen LogP contribution in [0.15, 0.2) is 95.9 Å². The molecular formula is C45H34N2O7S. The van der Waals surface area contributed by atoms with Crippen molar-refractivity contribution in [2.45, 2.75) is 44.9 Å². The number of hydrogen-bond donors (Lipinski definition) is 1. The van der Waals surface area contributed by atoms with Gasteiger partial charge in [-0.15, -0.1) is 0 Å². The molecule has 9 nitrogen and oxygen atoms in total. The normalized spacial score (nSPS) is 17.3. The zero-order chi connectivity index (χ0) is 39.0. The van der Waals surface area contributed by atoms with Gasteiger partial charge in [-0.1, -0.05) is 54.6 Å². The maximum atomic E-state index is 14.5. The number of carbonyl (C=O) groups is 4. The van der Waals surface area contributed by atoms with E-state index < -0.39 is 39.2 Å². The number of fused-ring (bicyclic) bond motifs is 3. The maximum absolute atomic E-state index is 14.5. The highest BCUT2D eigenvalue weighted by molar-refractivity contribution is 7.85. The number of nitrogens with zero attached hydrogens (tertiary/aromatic N) is 2. The molecule has 0 spiro atoms. The van der Waals surface area contributed by atoms with E-state index in [0.717, 1.165) is 49.4 Å². The fourth-order valence-electron chi connectivity index (χ4n) is 9.18. The molecule has 0 fully saturated rings. The maximum Gasteiger partial charge on any atom is 0.294 e. The van der Waals surface area contributed by atoms with Crippen molar-refractivity contribution in [2.24, 2.45) is 0 Å². The summed E-state index contributed by atoms with van der Waals surface area (Å²) in [6.45, 7) is 9.82. The van der Waals surface area contributed by atoms with E-state index in [-0.39, 0.29) is 27.1 Å². The summed E-state index contributed by atoms with van der Waals surface area (Å²) in [4.78, 5) is 57.2. The summed E-state index contributed by atoms with van der Waals surface area (Å²) in [6.07, 6.45) is 0. The van der Waals surface area contributed by atoms with Gasteiger partial charge in [-0.25, -0.2) is 4.90 Å². The van der Waals surface area contributed by atoms with E-state index in [1.54, 1.807) is 24.3 Å². The Bertz CT molecular complexity index is 2850. The van der Waals surface area contributed by atoms with E-state index in [1.165, 1.54) is 30.1 Å². The van der Waals surface area contributed by atoms with Crippen molar-refractivity contribution in [1.29, 1.82) is 0 Å². The Morgan fingerprint density at radius 3 is 1.47 bits per heavy atom. The molecule has 2 heterocycles. The first-order chi connectivity index (χ1) is 26.1. The van der Waals surface area contributed by atoms with Crippen molar-refractivity contribution >= 4 is 50.2 Å². The highest BCUT2D eigenvalue weighted by Gasteiger charge is 2.48. The Morgan fingerprint density at radius 1 is 0.527 bits per heavy atom. The zero-order valence-corrected chi connectivity index (χ0v) is 31.7. The molecule has 3 aliphatic rings. The minimum Gasteiger partial charge on any atom is -0.282 e. The molecular weight excluding hydrogens is 713 g/mol. The number of hydrogen-bond acceptors (Lipinski definition) is 6. The van der Waals surface area contributed by atoms with Crippen molar-refractivity contribution in [3.05, 3.63) is 163 Å². The van der Waals surface area contributed by atoms with Crippen LogP contribution in [-0.2, 0) is 15.5 Å². The summed E-state index contributed by atoms with van der Waals surface area (Å²) in [5.74, 6) is -2.16. The Hall–Kier alpha value is -6.23. The summed E-state index contributed by atoms with van der Waals surface area (Å²) in [6, 6.07) is 26.9. The second kappa shape index (κ2) is 11.4. The lowest BCUT2D eigenvalue weighted by atomic mass is 9.66. The number of benzene rings is 6. The van der Waals surface area contributed by atoms with E-state index in [0.29, 0.717) is 33.2 Å². The summed E-state index contributed by atoms with van der Waals surface area (Å²) in [5, 5.41) is 0.600. The first-order valence-corrected chi connectivity index (χ1v) is 19.2. The van der Waals surface area contributed by atoms with Gasteiger partial charge in [-0.05, 0) is 132 Å². The van der Waals surface area contributed by atoms with Crippen molar-refractivity contribution in [3.8, 4) is 11.1 Å². The zero-order valence-electron chi connectivity index (χ0n) is 30.9. The molecule has 10 heteroatoms. The second-order valence-corrected chi connectivity index (χ2v) is 16.3. The second-order valence-electron chi connectivity index (χ2n) is 14.9. The Kier molecular flexibility index (Phi) is 7.15. The molecule has 1 N–H and O–H groups in total. The van der Waals surface area contributed by atoms with Crippen LogP contribution in [0.1, 0.15) is 91.5 Å². The molecule has 2 aliphatic heterocycles. The highest BCUT2D eigenvalue weighted by atomic mass is 32.2. The number of aryl methyl sites for hydroxylation is 4. The summed E-state index contributed by atoms with van der Waals surface area (Å²) < 4.78 is 35.6. The van der Waals surface area contributed by atoms with Gasteiger partial charge in [0.2, 0.25) is 0 Å². The predicted octanol–water partition coefficient (Wildman–Crippen LogP) is 8.02. The lowest BCUT2D eigenvalue weighted by Crippen LogP contribution is -2.43. The largest absolute Gasteiger partial charge is 0.294 e. The van der Waals surface area contributed by atoms with Gasteiger partial charge in [-0.2, -0.15) is 8.42 Å². The molecule has 0 aromatic heterocycles. The van der Waals surface area contributed by atoms with E-state index in [9.17, 15) is 32.1 Å². The first kappa shape index (κ1) is 34.5. The van der Waals surface area contributed by atoms with E-state index >= 15 is 0 Å². The molecule has 1 unspecified atom stereocenters. The SMILES string of the molecule is Cc1cc(C2(c3cc(C)c(N4C(=O)c5ccc6c7c(ccc(c57)C4=O)C(=O)N(C)C6=O)c(C)c3)c3ccccc3-c3ccc(S(=O)(=O)O)cc32)cc(C)c1C. The summed E-state index contributed by atoms with van der Waals surface area (Å²) >= 11 is 0. The fourth-order valence-corrected chi connectivity index (χ4v) is 9.69. The van der Waals surface area contributed by atoms with Gasteiger partial charge in [0.25, 0.3) is 33.7 Å². The Morgan fingerprint density at radius 2 is 0.964 bits per heavy atom. The van der Waals surface area contributed by atoms with Crippen LogP contribution in [0.25, 0.3) is 21.9 Å². The third-order valence-corrected chi connectivity index (χ3v) is 12.8. The predicted molar refractivity (Wildman–Crippen MR) is 209 cm³/mol. The standard InChI is InChI=1S/C45H34N2O7S/c1-22-17-27(18-23(2)26(22)5)45(36-10-8-7-9-30(36)31-12-11-29(21-37(31)45)55(52,53)54)28-19-24(3)40(25(4)20-28)47-43(50)34-15-13-32-38-33(42(49)46(6)41(32)48)14-16-35(39(34)38)44(47)51/h7-21H,1-6H3,(H,52,53,54). The van der Waals surface area contributed by atoms with Gasteiger partial charge in [-0.3, -0.25) is 28.6 Å². The lowest BCUT2D eigenvalue weighted by molar-refractivity contribution is 0.0649. The topological polar surface area (TPSA) is 129 Å². The third kappa shape index (κ3) is 4.46. The monoisotopic (exact) mass is 746 g/mol. The lowest BCUT2D eigenvalue weighted by Gasteiger charge is -2.37. The van der Waals surface area contributed by atoms with Gasteiger partial charge >= 0.3 is 0 Å². The van der Waals surface area contributed by atoms with Gasteiger partial charge < -0.3 is 0 Å². The molecule has 4 amide bonds. The number of carbonyl (C=O) groups excluding carboxylic acids is 4. The van der Waals surface area contributed by atoms with Crippen LogP contribution in [0, 0.1) is 34.6 Å². The summed E-state index contributed by atoms with van der Waals surface area (Å²) in [5.41, 5.74) is 9.73. The van der Waals surface area contributed by atoms with E-state index in [1.807, 2.05) is 64.1 Å². The van der Waals surface area contributed by atoms with Gasteiger partial charge in [0.1, 0.15) is 0 Å². The van der Waals surface area contributed by atoms with Crippen LogP contribution in [0.3, 0.4) is 0 Å². The van der Waals surface area contributed by atoms with Crippen LogP contribution in [0.4, 0.5) is 5.69 Å². The minimum absolute atomic E-state index is 0.210. The molecule has 9 rings (SSSR count). The molecule has 0 saturated heterocycles. The van der Waals surface area contributed by atoms with Gasteiger partial charge in [0.05, 0.1) is 16.0 Å². The molecule has 272 valence electrons. The number of imide groups is 2. The van der Waals surface area contributed by atoms with Gasteiger partial charge in [0, 0.05) is 40.1 Å². The third-order valence-electron chi connectivity index (χ3n) is 11.9. The quantitative estimate of drug-likeness (QED) is 0.143. The van der Waals surface area contributed by atoms with Crippen LogP contribution >= 0.6 is 0 Å². The van der Waals surface area contributed by atoms with E-state index in [4.69, 9.17) is 0 Å². The Labute approximate surface area is 317 Å². The van der Waals surface area contributed by atoms with Crippen LogP contribution < -0.4 is 4.90 Å². The number of amides is 4. The van der Waals surface area contributed by atoms with Crippen LogP contribution in [-0.4, -0.2) is 48.5 Å². The molecule has 0 saturated carbocycles. The smallest absolute Gasteiger partial charge is 0.282 e. The Balaban J connectivity index is 1.29. The first-order valence-electron chi connectivity index (χ1n) is 17.8.